The van der Waals surface area contributed by atoms with Gasteiger partial charge in [-0.1, -0.05) is 28.1 Å². The van der Waals surface area contributed by atoms with Gasteiger partial charge >= 0.3 is 0 Å². The number of likely N-dealkylation sites (N-methyl/N-ethyl adjacent to an activating group) is 1. The van der Waals surface area contributed by atoms with Crippen LogP contribution in [0, 0.1) is 6.92 Å². The summed E-state index contributed by atoms with van der Waals surface area (Å²) in [5, 5.41) is 5.14. The summed E-state index contributed by atoms with van der Waals surface area (Å²) in [6, 6.07) is 10.1. The minimum absolute atomic E-state index is 0.0115. The molecule has 2 aromatic rings. The summed E-state index contributed by atoms with van der Waals surface area (Å²) in [7, 11) is 1.98. The van der Waals surface area contributed by atoms with Crippen molar-refractivity contribution in [3.8, 4) is 0 Å². The Morgan fingerprint density at radius 2 is 2.00 bits per heavy atom. The minimum Gasteiger partial charge on any atom is -0.348 e. The first kappa shape index (κ1) is 17.2. The Bertz CT molecular complexity index is 624. The molecule has 118 valence electrons. The second-order valence-electron chi connectivity index (χ2n) is 5.54. The van der Waals surface area contributed by atoms with E-state index in [2.05, 4.69) is 39.6 Å². The number of carbonyl (C=O) groups is 1. The highest BCUT2D eigenvalue weighted by atomic mass is 79.9. The summed E-state index contributed by atoms with van der Waals surface area (Å²) in [5.41, 5.74) is 2.40. The zero-order chi connectivity index (χ0) is 16.1. The number of nitrogens with one attached hydrogen (secondary N) is 1. The van der Waals surface area contributed by atoms with Gasteiger partial charge in [-0.15, -0.1) is 11.3 Å². The van der Waals surface area contributed by atoms with Gasteiger partial charge in [0.2, 0.25) is 5.91 Å². The molecular formula is C17H21BrN2OS. The molecule has 3 nitrogen and oxygen atoms in total. The number of hydrogen-bond acceptors (Lipinski definition) is 3. The summed E-state index contributed by atoms with van der Waals surface area (Å²) in [4.78, 5) is 15.5. The fourth-order valence-electron chi connectivity index (χ4n) is 2.23. The molecule has 0 spiro atoms. The quantitative estimate of drug-likeness (QED) is 0.816. The van der Waals surface area contributed by atoms with E-state index in [0.717, 1.165) is 16.6 Å². The molecule has 0 fully saturated rings. The van der Waals surface area contributed by atoms with Gasteiger partial charge in [-0.2, -0.15) is 0 Å². The Balaban J connectivity index is 1.84. The van der Waals surface area contributed by atoms with E-state index in [1.54, 1.807) is 11.3 Å². The maximum absolute atomic E-state index is 12.2. The minimum atomic E-state index is 0.0115. The summed E-state index contributed by atoms with van der Waals surface area (Å²) < 4.78 is 1.04. The maximum Gasteiger partial charge on any atom is 0.234 e. The monoisotopic (exact) mass is 380 g/mol. The predicted octanol–water partition coefficient (Wildman–Crippen LogP) is 4.13. The molecule has 1 aromatic heterocycles. The van der Waals surface area contributed by atoms with E-state index < -0.39 is 0 Å². The number of hydrogen-bond donors (Lipinski definition) is 1. The summed E-state index contributed by atoms with van der Waals surface area (Å²) in [5.74, 6) is 0.0483. The van der Waals surface area contributed by atoms with Gasteiger partial charge in [-0.3, -0.25) is 9.69 Å². The van der Waals surface area contributed by atoms with E-state index in [1.807, 2.05) is 43.1 Å². The highest BCUT2D eigenvalue weighted by molar-refractivity contribution is 9.10. The Morgan fingerprint density at radius 1 is 1.32 bits per heavy atom. The molecule has 0 aliphatic heterocycles. The van der Waals surface area contributed by atoms with Crippen molar-refractivity contribution in [1.29, 1.82) is 0 Å². The van der Waals surface area contributed by atoms with Crippen LogP contribution in [0.5, 0.6) is 0 Å². The van der Waals surface area contributed by atoms with Gasteiger partial charge in [-0.25, -0.2) is 0 Å². The average Bonchev–Trinajstić information content (AvgIpc) is 2.84. The Hall–Kier alpha value is -1.17. The first-order chi connectivity index (χ1) is 10.5. The third-order valence-corrected chi connectivity index (χ3v) is 5.08. The first-order valence-corrected chi connectivity index (χ1v) is 8.89. The highest BCUT2D eigenvalue weighted by Gasteiger charge is 2.12. The van der Waals surface area contributed by atoms with Crippen molar-refractivity contribution in [2.75, 3.05) is 13.6 Å². The molecule has 0 unspecified atom stereocenters. The number of carbonyl (C=O) groups excluding carboxylic acids is 1. The molecule has 0 aliphatic rings. The molecule has 22 heavy (non-hydrogen) atoms. The van der Waals surface area contributed by atoms with Crippen molar-refractivity contribution in [2.45, 2.75) is 26.4 Å². The topological polar surface area (TPSA) is 32.3 Å². The molecule has 0 saturated carbocycles. The third kappa shape index (κ3) is 4.93. The van der Waals surface area contributed by atoms with Gasteiger partial charge < -0.3 is 5.32 Å². The van der Waals surface area contributed by atoms with Crippen molar-refractivity contribution >= 4 is 33.2 Å². The molecule has 5 heteroatoms. The molecule has 1 aromatic carbocycles. The molecule has 1 heterocycles. The van der Waals surface area contributed by atoms with Crippen LogP contribution in [0.3, 0.4) is 0 Å². The van der Waals surface area contributed by atoms with E-state index in [-0.39, 0.29) is 11.9 Å². The molecule has 0 aliphatic carbocycles. The standard InChI is InChI=1S/C17H21BrN2OS/c1-12-8-9-22-16(12)10-20(3)11-17(21)19-13(2)14-4-6-15(18)7-5-14/h4-9,13H,10-11H2,1-3H3,(H,19,21)/t13-/m1/s1. The van der Waals surface area contributed by atoms with Gasteiger partial charge in [-0.05, 0) is 55.6 Å². The Labute approximate surface area is 144 Å². The van der Waals surface area contributed by atoms with Crippen molar-refractivity contribution in [1.82, 2.24) is 10.2 Å². The maximum atomic E-state index is 12.2. The third-order valence-electron chi connectivity index (χ3n) is 3.54. The van der Waals surface area contributed by atoms with Crippen LogP contribution in [0.4, 0.5) is 0 Å². The van der Waals surface area contributed by atoms with Gasteiger partial charge in [0.05, 0.1) is 12.6 Å². The lowest BCUT2D eigenvalue weighted by molar-refractivity contribution is -0.122. The zero-order valence-corrected chi connectivity index (χ0v) is 15.5. The zero-order valence-electron chi connectivity index (χ0n) is 13.1. The predicted molar refractivity (Wildman–Crippen MR) is 96.1 cm³/mol. The smallest absolute Gasteiger partial charge is 0.234 e. The number of thiophene rings is 1. The number of rotatable bonds is 6. The SMILES string of the molecule is Cc1ccsc1CN(C)CC(=O)N[C@H](C)c1ccc(Br)cc1. The lowest BCUT2D eigenvalue weighted by Crippen LogP contribution is -2.36. The van der Waals surface area contributed by atoms with Crippen LogP contribution in [0.2, 0.25) is 0 Å². The van der Waals surface area contributed by atoms with Gasteiger partial charge in [0.25, 0.3) is 0 Å². The van der Waals surface area contributed by atoms with Crippen LogP contribution in [-0.2, 0) is 11.3 Å². The van der Waals surface area contributed by atoms with Crippen molar-refractivity contribution in [3.05, 3.63) is 56.2 Å². The first-order valence-electron chi connectivity index (χ1n) is 7.22. The number of halogens is 1. The lowest BCUT2D eigenvalue weighted by Gasteiger charge is -2.19. The molecule has 0 radical (unpaired) electrons. The van der Waals surface area contributed by atoms with Crippen LogP contribution in [0.25, 0.3) is 0 Å². The fourth-order valence-corrected chi connectivity index (χ4v) is 3.48. The van der Waals surface area contributed by atoms with Crippen molar-refractivity contribution < 1.29 is 4.79 Å². The van der Waals surface area contributed by atoms with Crippen LogP contribution in [-0.4, -0.2) is 24.4 Å². The van der Waals surface area contributed by atoms with E-state index in [0.29, 0.717) is 6.54 Å². The van der Waals surface area contributed by atoms with E-state index in [4.69, 9.17) is 0 Å². The van der Waals surface area contributed by atoms with Gasteiger partial charge in [0, 0.05) is 15.9 Å². The molecule has 2 rings (SSSR count). The fraction of sp³-hybridized carbons (Fsp3) is 0.353. The normalized spacial score (nSPS) is 12.4. The van der Waals surface area contributed by atoms with Gasteiger partial charge in [0.1, 0.15) is 0 Å². The second-order valence-corrected chi connectivity index (χ2v) is 7.46. The molecule has 1 atom stereocenters. The number of amides is 1. The molecule has 0 bridgehead atoms. The summed E-state index contributed by atoms with van der Waals surface area (Å²) in [6.45, 7) is 5.32. The Morgan fingerprint density at radius 3 is 2.59 bits per heavy atom. The largest absolute Gasteiger partial charge is 0.348 e. The Kier molecular flexibility index (Phi) is 6.17. The van der Waals surface area contributed by atoms with E-state index in [9.17, 15) is 4.79 Å². The number of nitrogens with zero attached hydrogens (tertiary/aromatic N) is 1. The summed E-state index contributed by atoms with van der Waals surface area (Å²) >= 11 is 5.16. The van der Waals surface area contributed by atoms with E-state index in [1.165, 1.54) is 10.4 Å². The van der Waals surface area contributed by atoms with E-state index >= 15 is 0 Å². The number of benzene rings is 1. The van der Waals surface area contributed by atoms with Crippen LogP contribution >= 0.6 is 27.3 Å². The van der Waals surface area contributed by atoms with Gasteiger partial charge in [0.15, 0.2) is 0 Å². The molecule has 1 amide bonds. The van der Waals surface area contributed by atoms with Crippen LogP contribution < -0.4 is 5.32 Å². The summed E-state index contributed by atoms with van der Waals surface area (Å²) in [6.07, 6.45) is 0. The van der Waals surface area contributed by atoms with Crippen molar-refractivity contribution in [3.63, 3.8) is 0 Å². The van der Waals surface area contributed by atoms with Crippen LogP contribution in [0.1, 0.15) is 29.0 Å². The number of aryl methyl sites for hydroxylation is 1. The molecule has 1 N–H and O–H groups in total. The average molecular weight is 381 g/mol. The van der Waals surface area contributed by atoms with Crippen LogP contribution in [0.15, 0.2) is 40.2 Å². The molecule has 0 saturated heterocycles. The van der Waals surface area contributed by atoms with Crippen molar-refractivity contribution in [2.24, 2.45) is 0 Å². The second kappa shape index (κ2) is 7.90. The molecular weight excluding hydrogens is 360 g/mol. The lowest BCUT2D eigenvalue weighted by atomic mass is 10.1. The highest BCUT2D eigenvalue weighted by Crippen LogP contribution is 2.18.